The van der Waals surface area contributed by atoms with Crippen LogP contribution in [0.4, 0.5) is 0 Å². The van der Waals surface area contributed by atoms with Crippen LogP contribution in [0.15, 0.2) is 0 Å². The van der Waals surface area contributed by atoms with Gasteiger partial charge in [0, 0.05) is 5.54 Å². The van der Waals surface area contributed by atoms with Crippen molar-refractivity contribution >= 4 is 10.0 Å². The molecule has 0 aromatic rings. The first-order chi connectivity index (χ1) is 4.27. The Morgan fingerprint density at radius 3 is 1.90 bits per heavy atom. The Bertz CT molecular complexity index is 190. The molecule has 3 N–H and O–H groups in total. The average molecular weight is 166 g/mol. The van der Waals surface area contributed by atoms with Crippen LogP contribution in [0, 0.1) is 0 Å². The fraction of sp³-hybridized carbons (Fsp3) is 1.00. The van der Waals surface area contributed by atoms with Gasteiger partial charge in [0.1, 0.15) is 5.88 Å². The number of nitrogens with one attached hydrogen (secondary N) is 1. The van der Waals surface area contributed by atoms with Crippen LogP contribution < -0.4 is 10.5 Å². The summed E-state index contributed by atoms with van der Waals surface area (Å²) >= 11 is 0. The molecule has 0 saturated heterocycles. The monoisotopic (exact) mass is 166 g/mol. The minimum Gasteiger partial charge on any atom is -0.317 e. The van der Waals surface area contributed by atoms with Crippen molar-refractivity contribution in [3.05, 3.63) is 0 Å². The van der Waals surface area contributed by atoms with E-state index in [9.17, 15) is 8.42 Å². The molecule has 0 rings (SSSR count). The molecule has 0 fully saturated rings. The molecule has 0 aromatic heterocycles. The molecule has 0 atom stereocenters. The average Bonchev–Trinajstić information content (AvgIpc) is 1.60. The summed E-state index contributed by atoms with van der Waals surface area (Å²) in [6.45, 7) is 5.29. The van der Waals surface area contributed by atoms with Gasteiger partial charge in [0.05, 0.1) is 0 Å². The maximum absolute atomic E-state index is 10.8. The summed E-state index contributed by atoms with van der Waals surface area (Å²) in [5.74, 6) is -0.357. The lowest BCUT2D eigenvalue weighted by atomic mass is 10.1. The molecule has 0 aliphatic heterocycles. The predicted octanol–water partition coefficient (Wildman–Crippen LogP) is -0.379. The fourth-order valence-electron chi connectivity index (χ4n) is 0.508. The first-order valence-corrected chi connectivity index (χ1v) is 4.64. The van der Waals surface area contributed by atoms with Crippen LogP contribution in [0.2, 0.25) is 0 Å². The number of hydrogen-bond donors (Lipinski definition) is 2. The van der Waals surface area contributed by atoms with Crippen LogP contribution in [0.3, 0.4) is 0 Å². The van der Waals surface area contributed by atoms with E-state index in [0.29, 0.717) is 0 Å². The van der Waals surface area contributed by atoms with E-state index in [0.717, 1.165) is 0 Å². The standard InChI is InChI=1S/C5H14N2O2S/c1-5(2,3)7-10(8,9)4-6/h7H,4,6H2,1-3H3. The van der Waals surface area contributed by atoms with Crippen LogP contribution in [-0.4, -0.2) is 19.8 Å². The summed E-state index contributed by atoms with van der Waals surface area (Å²) < 4.78 is 24.0. The van der Waals surface area contributed by atoms with Crippen molar-refractivity contribution < 1.29 is 8.42 Å². The van der Waals surface area contributed by atoms with Gasteiger partial charge in [-0.3, -0.25) is 0 Å². The number of rotatable bonds is 2. The van der Waals surface area contributed by atoms with Crippen molar-refractivity contribution in [1.82, 2.24) is 4.72 Å². The van der Waals surface area contributed by atoms with E-state index in [4.69, 9.17) is 5.73 Å². The summed E-state index contributed by atoms with van der Waals surface area (Å²) in [5.41, 5.74) is 4.53. The zero-order chi connectivity index (χ0) is 8.41. The fourth-order valence-corrected chi connectivity index (χ4v) is 1.52. The lowest BCUT2D eigenvalue weighted by Gasteiger charge is -2.19. The Balaban J connectivity index is 4.18. The van der Waals surface area contributed by atoms with Gasteiger partial charge in [0.2, 0.25) is 10.0 Å². The topological polar surface area (TPSA) is 72.2 Å². The van der Waals surface area contributed by atoms with E-state index in [1.165, 1.54) is 0 Å². The van der Waals surface area contributed by atoms with Crippen LogP contribution in [0.1, 0.15) is 20.8 Å². The molecule has 0 aliphatic rings. The van der Waals surface area contributed by atoms with E-state index in [1.807, 2.05) is 0 Å². The molecule has 0 spiro atoms. The Labute approximate surface area is 61.8 Å². The first kappa shape index (κ1) is 9.87. The van der Waals surface area contributed by atoms with E-state index in [1.54, 1.807) is 20.8 Å². The Hall–Kier alpha value is -0.130. The van der Waals surface area contributed by atoms with Gasteiger partial charge in [-0.15, -0.1) is 0 Å². The molecule has 0 aromatic carbocycles. The summed E-state index contributed by atoms with van der Waals surface area (Å²) in [6, 6.07) is 0. The van der Waals surface area contributed by atoms with Crippen molar-refractivity contribution in [3.63, 3.8) is 0 Å². The van der Waals surface area contributed by atoms with Gasteiger partial charge in [0.15, 0.2) is 0 Å². The van der Waals surface area contributed by atoms with Crippen molar-refractivity contribution in [2.45, 2.75) is 26.3 Å². The molecular formula is C5H14N2O2S. The number of sulfonamides is 1. The highest BCUT2D eigenvalue weighted by Gasteiger charge is 2.17. The minimum atomic E-state index is -3.25. The Morgan fingerprint density at radius 2 is 1.80 bits per heavy atom. The highest BCUT2D eigenvalue weighted by molar-refractivity contribution is 7.89. The molecule has 5 heteroatoms. The zero-order valence-electron chi connectivity index (χ0n) is 6.51. The smallest absolute Gasteiger partial charge is 0.224 e. The summed E-state index contributed by atoms with van der Waals surface area (Å²) in [6.07, 6.45) is 0. The molecule has 0 bridgehead atoms. The molecule has 0 aliphatic carbocycles. The quantitative estimate of drug-likeness (QED) is 0.587. The van der Waals surface area contributed by atoms with E-state index < -0.39 is 15.6 Å². The van der Waals surface area contributed by atoms with Gasteiger partial charge in [0.25, 0.3) is 0 Å². The van der Waals surface area contributed by atoms with Crippen molar-refractivity contribution in [2.24, 2.45) is 5.73 Å². The molecule has 0 unspecified atom stereocenters. The highest BCUT2D eigenvalue weighted by Crippen LogP contribution is 2.00. The maximum Gasteiger partial charge on any atom is 0.224 e. The minimum absolute atomic E-state index is 0.357. The van der Waals surface area contributed by atoms with Gasteiger partial charge >= 0.3 is 0 Å². The molecule has 0 amide bonds. The van der Waals surface area contributed by atoms with Gasteiger partial charge < -0.3 is 5.73 Å². The lowest BCUT2D eigenvalue weighted by Crippen LogP contribution is -2.43. The molecule has 62 valence electrons. The SMILES string of the molecule is CC(C)(C)NS(=O)(=O)CN. The second kappa shape index (κ2) is 2.86. The Kier molecular flexibility index (Phi) is 2.82. The summed E-state index contributed by atoms with van der Waals surface area (Å²) in [7, 11) is -3.25. The van der Waals surface area contributed by atoms with E-state index in [-0.39, 0.29) is 5.88 Å². The van der Waals surface area contributed by atoms with Crippen molar-refractivity contribution in [3.8, 4) is 0 Å². The Morgan fingerprint density at radius 1 is 1.40 bits per heavy atom. The van der Waals surface area contributed by atoms with E-state index in [2.05, 4.69) is 4.72 Å². The molecule has 0 radical (unpaired) electrons. The third-order valence-electron chi connectivity index (χ3n) is 0.681. The molecule has 0 saturated carbocycles. The van der Waals surface area contributed by atoms with Crippen LogP contribution in [0.25, 0.3) is 0 Å². The normalized spacial score (nSPS) is 13.6. The largest absolute Gasteiger partial charge is 0.317 e. The van der Waals surface area contributed by atoms with Gasteiger partial charge in [-0.05, 0) is 20.8 Å². The summed E-state index contributed by atoms with van der Waals surface area (Å²) in [5, 5.41) is 0. The van der Waals surface area contributed by atoms with Gasteiger partial charge in [-0.25, -0.2) is 13.1 Å². The van der Waals surface area contributed by atoms with Crippen molar-refractivity contribution in [1.29, 1.82) is 0 Å². The lowest BCUT2D eigenvalue weighted by molar-refractivity contribution is 0.492. The molecule has 10 heavy (non-hydrogen) atoms. The second-order valence-electron chi connectivity index (χ2n) is 3.13. The second-order valence-corrected chi connectivity index (χ2v) is 4.90. The van der Waals surface area contributed by atoms with Crippen LogP contribution in [0.5, 0.6) is 0 Å². The molecular weight excluding hydrogens is 152 g/mol. The highest BCUT2D eigenvalue weighted by atomic mass is 32.2. The third kappa shape index (κ3) is 4.72. The summed E-state index contributed by atoms with van der Waals surface area (Å²) in [4.78, 5) is 0. The number of nitrogens with two attached hydrogens (primary N) is 1. The number of hydrogen-bond acceptors (Lipinski definition) is 3. The predicted molar refractivity (Wildman–Crippen MR) is 40.9 cm³/mol. The van der Waals surface area contributed by atoms with Crippen molar-refractivity contribution in [2.75, 3.05) is 5.88 Å². The third-order valence-corrected chi connectivity index (χ3v) is 2.04. The molecule has 4 nitrogen and oxygen atoms in total. The first-order valence-electron chi connectivity index (χ1n) is 2.98. The zero-order valence-corrected chi connectivity index (χ0v) is 7.33. The van der Waals surface area contributed by atoms with Gasteiger partial charge in [-0.2, -0.15) is 0 Å². The van der Waals surface area contributed by atoms with E-state index >= 15 is 0 Å². The van der Waals surface area contributed by atoms with Crippen LogP contribution in [-0.2, 0) is 10.0 Å². The maximum atomic E-state index is 10.8. The van der Waals surface area contributed by atoms with Gasteiger partial charge in [-0.1, -0.05) is 0 Å². The van der Waals surface area contributed by atoms with Crippen LogP contribution >= 0.6 is 0 Å². The molecule has 0 heterocycles.